The number of ether oxygens (including phenoxy) is 1. The first-order valence-corrected chi connectivity index (χ1v) is 13.0. The van der Waals surface area contributed by atoms with Crippen LogP contribution in [0.4, 0.5) is 34.9 Å². The number of hydrogen-bond acceptors (Lipinski definition) is 8. The van der Waals surface area contributed by atoms with E-state index < -0.39 is 30.5 Å². The van der Waals surface area contributed by atoms with E-state index in [4.69, 9.17) is 10.5 Å². The first-order chi connectivity index (χ1) is 20.0. The van der Waals surface area contributed by atoms with E-state index in [2.05, 4.69) is 20.4 Å². The van der Waals surface area contributed by atoms with Gasteiger partial charge in [0.25, 0.3) is 5.91 Å². The van der Waals surface area contributed by atoms with Crippen LogP contribution in [-0.4, -0.2) is 63.2 Å². The number of primary amides is 1. The predicted octanol–water partition coefficient (Wildman–Crippen LogP) is 4.52. The average molecular weight is 586 g/mol. The van der Waals surface area contributed by atoms with Crippen molar-refractivity contribution in [1.82, 2.24) is 19.7 Å². The first-order valence-electron chi connectivity index (χ1n) is 13.0. The van der Waals surface area contributed by atoms with Crippen LogP contribution in [0.3, 0.4) is 0 Å². The fourth-order valence-corrected chi connectivity index (χ4v) is 4.90. The molecule has 42 heavy (non-hydrogen) atoms. The van der Waals surface area contributed by atoms with Crippen molar-refractivity contribution in [3.63, 3.8) is 0 Å². The second-order valence-electron chi connectivity index (χ2n) is 9.77. The molecule has 1 aliphatic rings. The van der Waals surface area contributed by atoms with E-state index in [-0.39, 0.29) is 28.4 Å². The molecule has 1 aliphatic heterocycles. The second kappa shape index (κ2) is 11.6. The molecule has 4 heterocycles. The molecule has 1 fully saturated rings. The maximum atomic E-state index is 14.9. The molecule has 1 atom stereocenters. The molecule has 220 valence electrons. The Hall–Kier alpha value is -4.72. The molecule has 0 radical (unpaired) electrons. The summed E-state index contributed by atoms with van der Waals surface area (Å²) in [6, 6.07) is 8.77. The Kier molecular flexibility index (Phi) is 7.98. The quantitative estimate of drug-likeness (QED) is 0.257. The number of alkyl halides is 3. The number of aliphatic hydroxyl groups excluding tert-OH is 1. The SMILES string of the molecule is COc1cccc(F)c1-c1nc(Nc2cc(N3CCC[C@H](O)C3)c(-c3cnn(CC(F)(F)F)c3)cn2)ccc1C(N)=O. The summed E-state index contributed by atoms with van der Waals surface area (Å²) in [5, 5.41) is 17.2. The largest absolute Gasteiger partial charge is 0.496 e. The number of hydrogen-bond donors (Lipinski definition) is 3. The van der Waals surface area contributed by atoms with Crippen LogP contribution in [0.25, 0.3) is 22.4 Å². The highest BCUT2D eigenvalue weighted by molar-refractivity contribution is 6.00. The van der Waals surface area contributed by atoms with Gasteiger partial charge >= 0.3 is 6.18 Å². The molecule has 0 saturated carbocycles. The van der Waals surface area contributed by atoms with Gasteiger partial charge in [0.2, 0.25) is 0 Å². The zero-order valence-corrected chi connectivity index (χ0v) is 22.4. The highest BCUT2D eigenvalue weighted by Gasteiger charge is 2.29. The number of β-amino-alcohol motifs (C(OH)–C–C–N with tert-alkyl or cyclic N) is 1. The Labute approximate surface area is 237 Å². The molecule has 0 bridgehead atoms. The number of rotatable bonds is 8. The lowest BCUT2D eigenvalue weighted by Crippen LogP contribution is -2.38. The number of amides is 1. The molecule has 14 heteroatoms. The Balaban J connectivity index is 1.54. The van der Waals surface area contributed by atoms with Gasteiger partial charge in [0, 0.05) is 42.7 Å². The molecular weight excluding hydrogens is 558 g/mol. The smallest absolute Gasteiger partial charge is 0.408 e. The van der Waals surface area contributed by atoms with Crippen molar-refractivity contribution >= 4 is 23.2 Å². The number of piperidine rings is 1. The normalized spacial score (nSPS) is 15.5. The Morgan fingerprint density at radius 3 is 2.74 bits per heavy atom. The van der Waals surface area contributed by atoms with Gasteiger partial charge in [-0.15, -0.1) is 0 Å². The van der Waals surface area contributed by atoms with Gasteiger partial charge in [-0.25, -0.2) is 14.4 Å². The predicted molar refractivity (Wildman–Crippen MR) is 147 cm³/mol. The number of anilines is 3. The molecule has 1 amide bonds. The van der Waals surface area contributed by atoms with E-state index in [1.807, 2.05) is 4.90 Å². The molecule has 0 unspecified atom stereocenters. The minimum Gasteiger partial charge on any atom is -0.496 e. The summed E-state index contributed by atoms with van der Waals surface area (Å²) >= 11 is 0. The van der Waals surface area contributed by atoms with Crippen LogP contribution < -0.4 is 20.7 Å². The zero-order valence-electron chi connectivity index (χ0n) is 22.4. The van der Waals surface area contributed by atoms with E-state index >= 15 is 0 Å². The van der Waals surface area contributed by atoms with Crippen LogP contribution >= 0.6 is 0 Å². The molecule has 3 aromatic heterocycles. The third-order valence-electron chi connectivity index (χ3n) is 6.75. The number of aromatic nitrogens is 4. The molecule has 1 saturated heterocycles. The number of nitrogens with two attached hydrogens (primary N) is 1. The molecule has 4 N–H and O–H groups in total. The summed E-state index contributed by atoms with van der Waals surface area (Å²) < 4.78 is 59.8. The van der Waals surface area contributed by atoms with E-state index in [9.17, 15) is 27.5 Å². The van der Waals surface area contributed by atoms with Gasteiger partial charge in [0.15, 0.2) is 0 Å². The second-order valence-corrected chi connectivity index (χ2v) is 9.77. The maximum Gasteiger partial charge on any atom is 0.408 e. The molecule has 4 aromatic rings. The maximum absolute atomic E-state index is 14.9. The van der Waals surface area contributed by atoms with E-state index in [0.717, 1.165) is 4.68 Å². The summed E-state index contributed by atoms with van der Waals surface area (Å²) in [7, 11) is 1.36. The zero-order chi connectivity index (χ0) is 30.0. The minimum atomic E-state index is -4.43. The highest BCUT2D eigenvalue weighted by Crippen LogP contribution is 2.37. The number of aliphatic hydroxyl groups is 1. The number of nitrogens with one attached hydrogen (secondary N) is 1. The Morgan fingerprint density at radius 2 is 2.02 bits per heavy atom. The number of benzene rings is 1. The van der Waals surface area contributed by atoms with Gasteiger partial charge in [-0.1, -0.05) is 6.07 Å². The van der Waals surface area contributed by atoms with Gasteiger partial charge < -0.3 is 25.8 Å². The fraction of sp³-hybridized carbons (Fsp3) is 0.286. The molecule has 1 aromatic carbocycles. The summed E-state index contributed by atoms with van der Waals surface area (Å²) in [6.07, 6.45) is 0.444. The standard InChI is InChI=1S/C28H27F4N7O3/c1-42-22-6-2-5-20(29)25(22)26-18(27(33)41)7-8-23(37-26)36-24-10-21(38-9-3-4-17(40)14-38)19(12-34-24)16-11-35-39(13-16)15-28(30,31)32/h2,5-8,10-13,17,40H,3-4,9,14-15H2,1H3,(H2,33,41)(H,34,36,37)/t17-/m0/s1. The molecule has 0 spiro atoms. The molecule has 5 rings (SSSR count). The van der Waals surface area contributed by atoms with Gasteiger partial charge in [-0.05, 0) is 37.1 Å². The van der Waals surface area contributed by atoms with Crippen LogP contribution in [0, 0.1) is 5.82 Å². The highest BCUT2D eigenvalue weighted by atomic mass is 19.4. The minimum absolute atomic E-state index is 0.0221. The van der Waals surface area contributed by atoms with Gasteiger partial charge in [0.05, 0.1) is 41.9 Å². The average Bonchev–Trinajstić information content (AvgIpc) is 3.39. The Bertz CT molecular complexity index is 1610. The number of methoxy groups -OCH3 is 1. The van der Waals surface area contributed by atoms with Crippen molar-refractivity contribution in [2.45, 2.75) is 31.7 Å². The third kappa shape index (κ3) is 6.28. The summed E-state index contributed by atoms with van der Waals surface area (Å²) in [5.41, 5.74) is 7.01. The topological polar surface area (TPSA) is 131 Å². The number of pyridine rings is 2. The third-order valence-corrected chi connectivity index (χ3v) is 6.75. The van der Waals surface area contributed by atoms with Gasteiger partial charge in [-0.3, -0.25) is 9.48 Å². The lowest BCUT2D eigenvalue weighted by Gasteiger charge is -2.33. The van der Waals surface area contributed by atoms with Crippen molar-refractivity contribution in [2.24, 2.45) is 5.73 Å². The van der Waals surface area contributed by atoms with Crippen molar-refractivity contribution < 1.29 is 32.2 Å². The fourth-order valence-electron chi connectivity index (χ4n) is 4.90. The van der Waals surface area contributed by atoms with Crippen molar-refractivity contribution in [3.05, 3.63) is 66.4 Å². The number of nitrogens with zero attached hydrogens (tertiary/aromatic N) is 5. The number of halogens is 4. The number of carbonyl (C=O) groups is 1. The van der Waals surface area contributed by atoms with Crippen LogP contribution in [0.5, 0.6) is 5.75 Å². The summed E-state index contributed by atoms with van der Waals surface area (Å²) in [5.74, 6) is -0.804. The van der Waals surface area contributed by atoms with Crippen molar-refractivity contribution in [3.8, 4) is 28.1 Å². The number of carbonyl (C=O) groups excluding carboxylic acids is 1. The van der Waals surface area contributed by atoms with E-state index in [0.29, 0.717) is 48.6 Å². The molecule has 0 aliphatic carbocycles. The van der Waals surface area contributed by atoms with Crippen molar-refractivity contribution in [1.29, 1.82) is 0 Å². The lowest BCUT2D eigenvalue weighted by atomic mass is 10.0. The lowest BCUT2D eigenvalue weighted by molar-refractivity contribution is -0.142. The monoisotopic (exact) mass is 585 g/mol. The van der Waals surface area contributed by atoms with Crippen LogP contribution in [0.15, 0.2) is 55.0 Å². The first kappa shape index (κ1) is 28.8. The van der Waals surface area contributed by atoms with E-state index in [1.54, 1.807) is 6.07 Å². The van der Waals surface area contributed by atoms with Crippen LogP contribution in [-0.2, 0) is 6.54 Å². The Morgan fingerprint density at radius 1 is 1.21 bits per heavy atom. The molecule has 10 nitrogen and oxygen atoms in total. The van der Waals surface area contributed by atoms with Crippen molar-refractivity contribution in [2.75, 3.05) is 30.4 Å². The van der Waals surface area contributed by atoms with Gasteiger partial charge in [-0.2, -0.15) is 18.3 Å². The van der Waals surface area contributed by atoms with E-state index in [1.165, 1.54) is 56.0 Å². The van der Waals surface area contributed by atoms with Crippen LogP contribution in [0.2, 0.25) is 0 Å². The van der Waals surface area contributed by atoms with Crippen LogP contribution in [0.1, 0.15) is 23.2 Å². The van der Waals surface area contributed by atoms with Gasteiger partial charge in [0.1, 0.15) is 29.7 Å². The summed E-state index contributed by atoms with van der Waals surface area (Å²) in [6.45, 7) is -0.317. The summed E-state index contributed by atoms with van der Waals surface area (Å²) in [4.78, 5) is 23.0. The molecular formula is C28H27F4N7O3.